The highest BCUT2D eigenvalue weighted by molar-refractivity contribution is 5.86. The molecule has 0 aliphatic rings. The van der Waals surface area contributed by atoms with E-state index in [2.05, 4.69) is 27.7 Å². The van der Waals surface area contributed by atoms with Gasteiger partial charge in [0.1, 0.15) is 0 Å². The van der Waals surface area contributed by atoms with Crippen molar-refractivity contribution >= 4 is 5.97 Å². The van der Waals surface area contributed by atoms with E-state index in [1.54, 1.807) is 6.92 Å². The maximum absolute atomic E-state index is 11.1. The molecule has 0 N–H and O–H groups in total. The van der Waals surface area contributed by atoms with Crippen molar-refractivity contribution in [3.63, 3.8) is 0 Å². The fourth-order valence-electron chi connectivity index (χ4n) is 2.04. The van der Waals surface area contributed by atoms with Gasteiger partial charge in [-0.05, 0) is 26.2 Å². The molecule has 0 spiro atoms. The average molecular weight is 284 g/mol. The first-order chi connectivity index (χ1) is 9.33. The fourth-order valence-corrected chi connectivity index (χ4v) is 2.04. The van der Waals surface area contributed by atoms with Crippen LogP contribution in [0.5, 0.6) is 0 Å². The second-order valence-electron chi connectivity index (χ2n) is 6.76. The normalized spacial score (nSPS) is 11.4. The van der Waals surface area contributed by atoms with Crippen LogP contribution in [0.2, 0.25) is 0 Å². The van der Waals surface area contributed by atoms with E-state index < -0.39 is 0 Å². The maximum Gasteiger partial charge on any atom is 0.333 e. The van der Waals surface area contributed by atoms with Crippen LogP contribution in [0, 0.1) is 0 Å². The van der Waals surface area contributed by atoms with Crippen molar-refractivity contribution in [1.82, 2.24) is 0 Å². The fraction of sp³-hybridized carbons (Fsp3) is 0.824. The van der Waals surface area contributed by atoms with Crippen LogP contribution in [0.4, 0.5) is 0 Å². The second-order valence-corrected chi connectivity index (χ2v) is 6.76. The van der Waals surface area contributed by atoms with Crippen LogP contribution < -0.4 is 0 Å². The monoisotopic (exact) mass is 284 g/mol. The molecule has 0 bridgehead atoms. The van der Waals surface area contributed by atoms with Crippen molar-refractivity contribution in [3.05, 3.63) is 12.2 Å². The number of esters is 1. The topological polar surface area (TPSA) is 26.3 Å². The van der Waals surface area contributed by atoms with Crippen LogP contribution in [-0.4, -0.2) is 44.7 Å². The predicted octanol–water partition coefficient (Wildman–Crippen LogP) is 3.93. The number of carbonyl (C=O) groups is 1. The molecular weight excluding hydrogens is 250 g/mol. The Bertz CT molecular complexity index is 279. The summed E-state index contributed by atoms with van der Waals surface area (Å²) in [7, 11) is 6.75. The summed E-state index contributed by atoms with van der Waals surface area (Å²) >= 11 is 0. The number of carbonyl (C=O) groups excluding carboxylic acids is 1. The van der Waals surface area contributed by atoms with Gasteiger partial charge in [-0.2, -0.15) is 0 Å². The second kappa shape index (κ2) is 10.9. The van der Waals surface area contributed by atoms with E-state index >= 15 is 0 Å². The van der Waals surface area contributed by atoms with Gasteiger partial charge in [-0.1, -0.05) is 38.7 Å². The Hall–Kier alpha value is -0.830. The van der Waals surface area contributed by atoms with E-state index in [0.29, 0.717) is 12.2 Å². The molecule has 0 aromatic rings. The summed E-state index contributed by atoms with van der Waals surface area (Å²) in [6, 6.07) is 0. The lowest BCUT2D eigenvalue weighted by Gasteiger charge is -2.23. The van der Waals surface area contributed by atoms with Crippen molar-refractivity contribution < 1.29 is 14.0 Å². The summed E-state index contributed by atoms with van der Waals surface area (Å²) in [5.74, 6) is -0.262. The first-order valence-corrected chi connectivity index (χ1v) is 7.96. The van der Waals surface area contributed by atoms with Crippen molar-refractivity contribution in [2.45, 2.75) is 58.3 Å². The highest BCUT2D eigenvalue weighted by atomic mass is 16.5. The van der Waals surface area contributed by atoms with Gasteiger partial charge in [0.25, 0.3) is 0 Å². The minimum absolute atomic E-state index is 0.262. The van der Waals surface area contributed by atoms with Crippen molar-refractivity contribution in [2.24, 2.45) is 0 Å². The Morgan fingerprint density at radius 1 is 0.900 bits per heavy atom. The van der Waals surface area contributed by atoms with E-state index in [0.717, 1.165) is 17.3 Å². The molecule has 0 aromatic carbocycles. The zero-order valence-electron chi connectivity index (χ0n) is 14.0. The number of hydrogen-bond acceptors (Lipinski definition) is 2. The summed E-state index contributed by atoms with van der Waals surface area (Å²) in [6.45, 7) is 7.05. The number of unbranched alkanes of at least 4 members (excludes halogenated alkanes) is 7. The molecular formula is C17H34NO2+. The third-order valence-corrected chi connectivity index (χ3v) is 3.30. The van der Waals surface area contributed by atoms with E-state index in [-0.39, 0.29) is 5.97 Å². The maximum atomic E-state index is 11.1. The molecule has 0 fully saturated rings. The minimum Gasteiger partial charge on any atom is -0.462 e. The Labute approximate surface area is 125 Å². The molecule has 0 radical (unpaired) electrons. The third-order valence-electron chi connectivity index (χ3n) is 3.30. The molecule has 0 unspecified atom stereocenters. The molecule has 0 aliphatic heterocycles. The molecule has 3 heteroatoms. The largest absolute Gasteiger partial charge is 0.462 e. The Morgan fingerprint density at radius 3 is 1.80 bits per heavy atom. The van der Waals surface area contributed by atoms with Gasteiger partial charge >= 0.3 is 5.97 Å². The van der Waals surface area contributed by atoms with Crippen LogP contribution in [-0.2, 0) is 9.53 Å². The lowest BCUT2D eigenvalue weighted by molar-refractivity contribution is -0.870. The van der Waals surface area contributed by atoms with Crippen LogP contribution in [0.1, 0.15) is 58.3 Å². The molecule has 20 heavy (non-hydrogen) atoms. The number of hydrogen-bond donors (Lipinski definition) is 0. The standard InChI is InChI=1S/C17H34NO2/c1-16(2)17(19)20-15-13-11-9-7-6-8-10-12-14-18(3,4)5/h1,6-15H2,2-5H3/q+1. The lowest BCUT2D eigenvalue weighted by atomic mass is 10.1. The minimum atomic E-state index is -0.262. The Kier molecular flexibility index (Phi) is 10.4. The molecule has 0 amide bonds. The van der Waals surface area contributed by atoms with Gasteiger partial charge in [0.15, 0.2) is 0 Å². The zero-order valence-corrected chi connectivity index (χ0v) is 14.0. The molecule has 0 heterocycles. The zero-order chi connectivity index (χ0) is 15.4. The van der Waals surface area contributed by atoms with E-state index in [9.17, 15) is 4.79 Å². The van der Waals surface area contributed by atoms with Crippen LogP contribution >= 0.6 is 0 Å². The SMILES string of the molecule is C=C(C)C(=O)OCCCCCCCCCC[N+](C)(C)C. The highest BCUT2D eigenvalue weighted by Gasteiger charge is 2.05. The van der Waals surface area contributed by atoms with Crippen LogP contribution in [0.3, 0.4) is 0 Å². The number of quaternary nitrogens is 1. The molecule has 0 rings (SSSR count). The van der Waals surface area contributed by atoms with Crippen LogP contribution in [0.25, 0.3) is 0 Å². The number of rotatable bonds is 12. The van der Waals surface area contributed by atoms with Gasteiger partial charge in [-0.25, -0.2) is 4.79 Å². The summed E-state index contributed by atoms with van der Waals surface area (Å²) in [4.78, 5) is 11.1. The van der Waals surface area contributed by atoms with E-state index in [1.807, 2.05) is 0 Å². The lowest BCUT2D eigenvalue weighted by Crippen LogP contribution is -2.35. The third kappa shape index (κ3) is 13.6. The smallest absolute Gasteiger partial charge is 0.333 e. The Balaban J connectivity index is 3.18. The predicted molar refractivity (Wildman–Crippen MR) is 85.6 cm³/mol. The van der Waals surface area contributed by atoms with E-state index in [4.69, 9.17) is 4.74 Å². The molecule has 0 aliphatic carbocycles. The van der Waals surface area contributed by atoms with Crippen molar-refractivity contribution in [2.75, 3.05) is 34.3 Å². The molecule has 3 nitrogen and oxygen atoms in total. The van der Waals surface area contributed by atoms with Crippen molar-refractivity contribution in [1.29, 1.82) is 0 Å². The summed E-state index contributed by atoms with van der Waals surface area (Å²) in [5.41, 5.74) is 0.485. The quantitative estimate of drug-likeness (QED) is 0.235. The van der Waals surface area contributed by atoms with Gasteiger partial charge in [-0.15, -0.1) is 0 Å². The first kappa shape index (κ1) is 19.2. The van der Waals surface area contributed by atoms with Crippen molar-refractivity contribution in [3.8, 4) is 0 Å². The average Bonchev–Trinajstić information content (AvgIpc) is 2.34. The van der Waals surface area contributed by atoms with E-state index in [1.165, 1.54) is 45.1 Å². The first-order valence-electron chi connectivity index (χ1n) is 7.96. The number of nitrogens with zero attached hydrogens (tertiary/aromatic N) is 1. The summed E-state index contributed by atoms with van der Waals surface area (Å²) in [6.07, 6.45) is 10.1. The Morgan fingerprint density at radius 2 is 1.35 bits per heavy atom. The highest BCUT2D eigenvalue weighted by Crippen LogP contribution is 2.09. The van der Waals surface area contributed by atoms with Gasteiger partial charge in [-0.3, -0.25) is 0 Å². The summed E-state index contributed by atoms with van der Waals surface area (Å²) < 4.78 is 6.13. The van der Waals surface area contributed by atoms with Gasteiger partial charge in [0.05, 0.1) is 34.3 Å². The summed E-state index contributed by atoms with van der Waals surface area (Å²) in [5, 5.41) is 0. The van der Waals surface area contributed by atoms with Gasteiger partial charge in [0.2, 0.25) is 0 Å². The molecule has 0 saturated heterocycles. The van der Waals surface area contributed by atoms with Gasteiger partial charge < -0.3 is 9.22 Å². The molecule has 0 aromatic heterocycles. The molecule has 0 atom stereocenters. The number of ether oxygens (including phenoxy) is 1. The van der Waals surface area contributed by atoms with Crippen LogP contribution in [0.15, 0.2) is 12.2 Å². The molecule has 118 valence electrons. The molecule has 0 saturated carbocycles. The van der Waals surface area contributed by atoms with Gasteiger partial charge in [0, 0.05) is 5.57 Å².